The molecule has 37 heavy (non-hydrogen) atoms. The van der Waals surface area contributed by atoms with Gasteiger partial charge >= 0.3 is 0 Å². The van der Waals surface area contributed by atoms with E-state index in [4.69, 9.17) is 0 Å². The van der Waals surface area contributed by atoms with Gasteiger partial charge < -0.3 is 4.57 Å². The zero-order valence-electron chi connectivity index (χ0n) is 21.0. The first kappa shape index (κ1) is 23.3. The van der Waals surface area contributed by atoms with Gasteiger partial charge in [-0.25, -0.2) is 0 Å². The highest BCUT2D eigenvalue weighted by molar-refractivity contribution is 9.13. The van der Waals surface area contributed by atoms with Crippen molar-refractivity contribution in [1.82, 2.24) is 9.13 Å². The van der Waals surface area contributed by atoms with E-state index >= 15 is 0 Å². The minimum Gasteiger partial charge on any atom is -0.305 e. The Morgan fingerprint density at radius 1 is 0.514 bits per heavy atom. The van der Waals surface area contributed by atoms with Crippen molar-refractivity contribution >= 4 is 86.8 Å². The molecular weight excluding hydrogens is 604 g/mol. The van der Waals surface area contributed by atoms with Crippen LogP contribution in [0, 0.1) is 27.7 Å². The first-order chi connectivity index (χ1) is 17.8. The second kappa shape index (κ2) is 8.32. The second-order valence-corrected chi connectivity index (χ2v) is 13.2. The topological polar surface area (TPSA) is 9.86 Å². The van der Waals surface area contributed by atoms with Gasteiger partial charge in [-0.1, -0.05) is 46.5 Å². The van der Waals surface area contributed by atoms with E-state index < -0.39 is 0 Å². The smallest absolute Gasteiger partial charge is 0.127 e. The molecule has 3 heterocycles. The van der Waals surface area contributed by atoms with Gasteiger partial charge in [-0.3, -0.25) is 4.57 Å². The molecule has 0 fully saturated rings. The highest BCUT2D eigenvalue weighted by Gasteiger charge is 2.25. The summed E-state index contributed by atoms with van der Waals surface area (Å²) in [5.74, 6) is 0. The standard InChI is InChI=1S/C32H24Br2N2S/c1-17-5-9-25-21(13-17)22-14-18(2)6-10-26(22)35(25)30-29(33)31(34)37-32(30)36-27-11-7-19(3)15-23(27)24-16-20(4)8-12-28(24)36/h5-16H,1-4H3. The lowest BCUT2D eigenvalue weighted by Gasteiger charge is -2.13. The van der Waals surface area contributed by atoms with Crippen LogP contribution in [0.5, 0.6) is 0 Å². The van der Waals surface area contributed by atoms with Crippen molar-refractivity contribution in [2.24, 2.45) is 0 Å². The van der Waals surface area contributed by atoms with E-state index in [1.165, 1.54) is 70.9 Å². The molecule has 0 N–H and O–H groups in total. The van der Waals surface area contributed by atoms with Gasteiger partial charge in [0, 0.05) is 21.5 Å². The molecule has 0 saturated carbocycles. The minimum atomic E-state index is 1.07. The van der Waals surface area contributed by atoms with E-state index in [1.54, 1.807) is 11.3 Å². The summed E-state index contributed by atoms with van der Waals surface area (Å²) in [6, 6.07) is 27.2. The van der Waals surface area contributed by atoms with Crippen LogP contribution in [-0.4, -0.2) is 9.13 Å². The number of hydrogen-bond acceptors (Lipinski definition) is 1. The average molecular weight is 628 g/mol. The van der Waals surface area contributed by atoms with Crippen LogP contribution in [0.4, 0.5) is 0 Å². The zero-order valence-corrected chi connectivity index (χ0v) is 25.0. The molecule has 0 radical (unpaired) electrons. The summed E-state index contributed by atoms with van der Waals surface area (Å²) in [4.78, 5) is 0. The van der Waals surface area contributed by atoms with Gasteiger partial charge in [0.2, 0.25) is 0 Å². The van der Waals surface area contributed by atoms with Crippen molar-refractivity contribution < 1.29 is 0 Å². The molecule has 2 nitrogen and oxygen atoms in total. The van der Waals surface area contributed by atoms with E-state index in [-0.39, 0.29) is 0 Å². The van der Waals surface area contributed by atoms with Crippen LogP contribution in [0.25, 0.3) is 54.3 Å². The number of aryl methyl sites for hydroxylation is 4. The number of rotatable bonds is 2. The Labute approximate surface area is 236 Å². The van der Waals surface area contributed by atoms with Crippen molar-refractivity contribution in [3.05, 3.63) is 103 Å². The number of aromatic nitrogens is 2. The maximum Gasteiger partial charge on any atom is 0.127 e. The highest BCUT2D eigenvalue weighted by Crippen LogP contribution is 2.48. The molecule has 0 unspecified atom stereocenters. The molecule has 7 rings (SSSR count). The molecule has 3 aromatic heterocycles. The fourth-order valence-electron chi connectivity index (χ4n) is 5.67. The van der Waals surface area contributed by atoms with Gasteiger partial charge in [0.1, 0.15) is 5.00 Å². The number of nitrogens with zero attached hydrogens (tertiary/aromatic N) is 2. The minimum absolute atomic E-state index is 1.07. The molecule has 0 amide bonds. The fraction of sp³-hybridized carbons (Fsp3) is 0.125. The quantitative estimate of drug-likeness (QED) is 0.180. The molecule has 7 aromatic rings. The van der Waals surface area contributed by atoms with E-state index in [2.05, 4.69) is 141 Å². The van der Waals surface area contributed by atoms with Crippen LogP contribution in [0.1, 0.15) is 22.3 Å². The summed E-state index contributed by atoms with van der Waals surface area (Å²) in [7, 11) is 0. The molecule has 4 aromatic carbocycles. The third-order valence-electron chi connectivity index (χ3n) is 7.35. The zero-order chi connectivity index (χ0) is 25.6. The third kappa shape index (κ3) is 3.41. The summed E-state index contributed by atoms with van der Waals surface area (Å²) in [6.45, 7) is 8.68. The van der Waals surface area contributed by atoms with Crippen LogP contribution >= 0.6 is 43.2 Å². The summed E-state index contributed by atoms with van der Waals surface area (Å²) in [6.07, 6.45) is 0. The maximum atomic E-state index is 3.99. The summed E-state index contributed by atoms with van der Waals surface area (Å²) < 4.78 is 7.03. The van der Waals surface area contributed by atoms with Crippen molar-refractivity contribution in [2.75, 3.05) is 0 Å². The largest absolute Gasteiger partial charge is 0.305 e. The van der Waals surface area contributed by atoms with Crippen LogP contribution in [0.3, 0.4) is 0 Å². The monoisotopic (exact) mass is 626 g/mol. The lowest BCUT2D eigenvalue weighted by atomic mass is 10.1. The molecule has 0 spiro atoms. The SMILES string of the molecule is Cc1ccc2c(c1)c1cc(C)ccc1n2-c1sc(Br)c(Br)c1-n1c2ccc(C)cc2c2cc(C)ccc21. The Hall–Kier alpha value is -2.86. The number of halogens is 2. The fourth-order valence-corrected chi connectivity index (χ4v) is 7.99. The van der Waals surface area contributed by atoms with Gasteiger partial charge in [-0.2, -0.15) is 0 Å². The van der Waals surface area contributed by atoms with E-state index in [1.807, 2.05) is 0 Å². The Morgan fingerprint density at radius 2 is 0.865 bits per heavy atom. The normalized spacial score (nSPS) is 12.1. The van der Waals surface area contributed by atoms with Gasteiger partial charge in [0.15, 0.2) is 0 Å². The summed E-state index contributed by atoms with van der Waals surface area (Å²) >= 11 is 9.65. The predicted molar refractivity (Wildman–Crippen MR) is 167 cm³/mol. The predicted octanol–water partition coefficient (Wildman–Crippen LogP) is 10.7. The van der Waals surface area contributed by atoms with Crippen LogP contribution < -0.4 is 0 Å². The molecular formula is C32H24Br2N2S. The second-order valence-electron chi connectivity index (χ2n) is 10.1. The maximum absolute atomic E-state index is 3.99. The molecule has 0 atom stereocenters. The first-order valence-corrected chi connectivity index (χ1v) is 14.7. The summed E-state index contributed by atoms with van der Waals surface area (Å²) in [5.41, 5.74) is 11.1. The first-order valence-electron chi connectivity index (χ1n) is 12.3. The number of benzene rings is 4. The molecule has 0 aliphatic rings. The lowest BCUT2D eigenvalue weighted by Crippen LogP contribution is -2.00. The van der Waals surface area contributed by atoms with Gasteiger partial charge in [-0.05, 0) is 108 Å². The molecule has 0 aliphatic heterocycles. The Morgan fingerprint density at radius 3 is 1.24 bits per heavy atom. The van der Waals surface area contributed by atoms with Gasteiger partial charge in [-0.15, -0.1) is 11.3 Å². The van der Waals surface area contributed by atoms with E-state index in [0.29, 0.717) is 0 Å². The van der Waals surface area contributed by atoms with Crippen molar-refractivity contribution in [2.45, 2.75) is 27.7 Å². The van der Waals surface area contributed by atoms with Crippen LogP contribution in [0.15, 0.2) is 81.1 Å². The summed E-state index contributed by atoms with van der Waals surface area (Å²) in [5, 5.41) is 6.34. The van der Waals surface area contributed by atoms with Crippen molar-refractivity contribution in [3.8, 4) is 10.7 Å². The van der Waals surface area contributed by atoms with Crippen molar-refractivity contribution in [1.29, 1.82) is 0 Å². The van der Waals surface area contributed by atoms with Crippen LogP contribution in [-0.2, 0) is 0 Å². The van der Waals surface area contributed by atoms with Crippen LogP contribution in [0.2, 0.25) is 0 Å². The number of hydrogen-bond donors (Lipinski definition) is 0. The Bertz CT molecular complexity index is 1940. The number of fused-ring (bicyclic) bond motifs is 6. The van der Waals surface area contributed by atoms with Crippen molar-refractivity contribution in [3.63, 3.8) is 0 Å². The lowest BCUT2D eigenvalue weighted by molar-refractivity contribution is 1.12. The number of thiophene rings is 1. The van der Waals surface area contributed by atoms with Gasteiger partial charge in [0.25, 0.3) is 0 Å². The van der Waals surface area contributed by atoms with E-state index in [9.17, 15) is 0 Å². The molecule has 182 valence electrons. The molecule has 5 heteroatoms. The molecule has 0 saturated heterocycles. The highest BCUT2D eigenvalue weighted by atomic mass is 79.9. The molecule has 0 bridgehead atoms. The van der Waals surface area contributed by atoms with E-state index in [0.717, 1.165) is 13.9 Å². The average Bonchev–Trinajstić information content (AvgIpc) is 3.45. The molecule has 0 aliphatic carbocycles. The Kier molecular flexibility index (Phi) is 5.23. The van der Waals surface area contributed by atoms with Gasteiger partial charge in [0.05, 0.1) is 36.0 Å². The third-order valence-corrected chi connectivity index (χ3v) is 10.7. The Balaban J connectivity index is 1.67.